The van der Waals surface area contributed by atoms with Crippen molar-refractivity contribution in [2.45, 2.75) is 43.4 Å². The summed E-state index contributed by atoms with van der Waals surface area (Å²) < 4.78 is 5.47. The van der Waals surface area contributed by atoms with E-state index in [-0.39, 0.29) is 5.92 Å². The SMILES string of the molecule is COc1ccccc1CN1C[C@@H]2CC[C@@](O)(c3ccccn3)[C@@H]2C1.O=C(O)CC(O)(CC(=O)O)C(=O)O. The minimum atomic E-state index is -2.74. The van der Waals surface area contributed by atoms with Crippen LogP contribution < -0.4 is 4.74 Å². The molecular formula is C26H32N2O9. The molecule has 5 N–H and O–H groups in total. The number of methoxy groups -OCH3 is 1. The fourth-order valence-electron chi connectivity index (χ4n) is 5.24. The summed E-state index contributed by atoms with van der Waals surface area (Å²) in [5.41, 5.74) is -1.47. The van der Waals surface area contributed by atoms with E-state index < -0.39 is 42.0 Å². The number of carboxylic acids is 3. The summed E-state index contributed by atoms with van der Waals surface area (Å²) in [4.78, 5) is 37.4. The number of nitrogens with zero attached hydrogens (tertiary/aromatic N) is 2. The number of aliphatic hydroxyl groups is 2. The highest BCUT2D eigenvalue weighted by Crippen LogP contribution is 2.50. The van der Waals surface area contributed by atoms with Crippen molar-refractivity contribution in [3.05, 3.63) is 59.9 Å². The van der Waals surface area contributed by atoms with Crippen LogP contribution in [0.3, 0.4) is 0 Å². The maximum Gasteiger partial charge on any atom is 0.336 e. The van der Waals surface area contributed by atoms with E-state index in [1.807, 2.05) is 30.3 Å². The number of hydrogen-bond acceptors (Lipinski definition) is 8. The first-order valence-electron chi connectivity index (χ1n) is 11.9. The topological polar surface area (TPSA) is 178 Å². The van der Waals surface area contributed by atoms with Gasteiger partial charge < -0.3 is 30.3 Å². The first kappa shape index (κ1) is 28.0. The highest BCUT2D eigenvalue weighted by atomic mass is 16.5. The minimum Gasteiger partial charge on any atom is -0.496 e. The number of para-hydroxylation sites is 1. The lowest BCUT2D eigenvalue weighted by atomic mass is 9.85. The predicted molar refractivity (Wildman–Crippen MR) is 130 cm³/mol. The molecule has 3 atom stereocenters. The minimum absolute atomic E-state index is 0.266. The quantitative estimate of drug-likeness (QED) is 0.327. The summed E-state index contributed by atoms with van der Waals surface area (Å²) in [6, 6.07) is 14.0. The molecule has 4 rings (SSSR count). The molecule has 1 aromatic carbocycles. The molecule has 2 fully saturated rings. The maximum atomic E-state index is 11.3. The fraction of sp³-hybridized carbons (Fsp3) is 0.462. The Morgan fingerprint density at radius 1 is 1.05 bits per heavy atom. The Bertz CT molecular complexity index is 1090. The van der Waals surface area contributed by atoms with Crippen LogP contribution in [0, 0.1) is 11.8 Å². The number of carboxylic acid groups (broad SMARTS) is 3. The van der Waals surface area contributed by atoms with Crippen LogP contribution in [0.2, 0.25) is 0 Å². The highest BCUT2D eigenvalue weighted by Gasteiger charge is 2.53. The molecular weight excluding hydrogens is 484 g/mol. The number of aliphatic carboxylic acids is 3. The molecule has 0 unspecified atom stereocenters. The second-order valence-corrected chi connectivity index (χ2v) is 9.53. The van der Waals surface area contributed by atoms with Gasteiger partial charge in [-0.1, -0.05) is 24.3 Å². The molecule has 1 saturated heterocycles. The number of hydrogen-bond donors (Lipinski definition) is 5. The van der Waals surface area contributed by atoms with Crippen molar-refractivity contribution >= 4 is 17.9 Å². The lowest BCUT2D eigenvalue weighted by molar-refractivity contribution is -0.170. The van der Waals surface area contributed by atoms with Crippen LogP contribution in [0.25, 0.3) is 0 Å². The van der Waals surface area contributed by atoms with Gasteiger partial charge >= 0.3 is 17.9 Å². The molecule has 11 heteroatoms. The number of fused-ring (bicyclic) bond motifs is 1. The summed E-state index contributed by atoms with van der Waals surface area (Å²) in [6.07, 6.45) is 1.38. The number of aromatic nitrogens is 1. The van der Waals surface area contributed by atoms with Gasteiger partial charge in [-0.15, -0.1) is 0 Å². The second-order valence-electron chi connectivity index (χ2n) is 9.53. The zero-order chi connectivity index (χ0) is 27.2. The third-order valence-corrected chi connectivity index (χ3v) is 7.01. The molecule has 0 bridgehead atoms. The molecule has 2 heterocycles. The number of likely N-dealkylation sites (tertiary alicyclic amines) is 1. The van der Waals surface area contributed by atoms with Crippen LogP contribution in [0.4, 0.5) is 0 Å². The van der Waals surface area contributed by atoms with Gasteiger partial charge in [0.05, 0.1) is 25.6 Å². The van der Waals surface area contributed by atoms with Crippen molar-refractivity contribution in [1.82, 2.24) is 9.88 Å². The van der Waals surface area contributed by atoms with Gasteiger partial charge in [-0.05, 0) is 37.0 Å². The average Bonchev–Trinajstić information content (AvgIpc) is 3.39. The average molecular weight is 517 g/mol. The van der Waals surface area contributed by atoms with Gasteiger partial charge in [0.25, 0.3) is 0 Å². The Kier molecular flexibility index (Phi) is 8.85. The summed E-state index contributed by atoms with van der Waals surface area (Å²) in [6.45, 7) is 2.82. The zero-order valence-electron chi connectivity index (χ0n) is 20.5. The number of rotatable bonds is 9. The van der Waals surface area contributed by atoms with Crippen molar-refractivity contribution in [2.24, 2.45) is 11.8 Å². The molecule has 2 aliphatic rings. The van der Waals surface area contributed by atoms with Gasteiger partial charge in [-0.3, -0.25) is 19.5 Å². The van der Waals surface area contributed by atoms with Crippen LogP contribution in [0.5, 0.6) is 5.75 Å². The molecule has 0 radical (unpaired) electrons. The Labute approximate surface area is 214 Å². The third kappa shape index (κ3) is 6.62. The van der Waals surface area contributed by atoms with Crippen molar-refractivity contribution < 1.29 is 44.7 Å². The molecule has 37 heavy (non-hydrogen) atoms. The van der Waals surface area contributed by atoms with Crippen molar-refractivity contribution in [3.63, 3.8) is 0 Å². The number of carbonyl (C=O) groups is 3. The number of ether oxygens (including phenoxy) is 1. The van der Waals surface area contributed by atoms with Crippen molar-refractivity contribution in [2.75, 3.05) is 20.2 Å². The predicted octanol–water partition coefficient (Wildman–Crippen LogP) is 1.57. The lowest BCUT2D eigenvalue weighted by Crippen LogP contribution is -2.42. The van der Waals surface area contributed by atoms with E-state index in [1.54, 1.807) is 13.3 Å². The van der Waals surface area contributed by atoms with Gasteiger partial charge in [-0.25, -0.2) is 4.79 Å². The zero-order valence-corrected chi connectivity index (χ0v) is 20.5. The van der Waals surface area contributed by atoms with E-state index in [9.17, 15) is 19.5 Å². The number of benzene rings is 1. The maximum absolute atomic E-state index is 11.3. The third-order valence-electron chi connectivity index (χ3n) is 7.01. The molecule has 200 valence electrons. The van der Waals surface area contributed by atoms with Gasteiger partial charge in [-0.2, -0.15) is 0 Å². The normalized spacial score (nSPS) is 23.0. The number of pyridine rings is 1. The Morgan fingerprint density at radius 2 is 1.70 bits per heavy atom. The molecule has 1 aromatic heterocycles. The Balaban J connectivity index is 0.000000251. The van der Waals surface area contributed by atoms with E-state index in [1.165, 1.54) is 5.56 Å². The molecule has 1 aliphatic heterocycles. The molecule has 2 aromatic rings. The fourth-order valence-corrected chi connectivity index (χ4v) is 5.24. The largest absolute Gasteiger partial charge is 0.496 e. The van der Waals surface area contributed by atoms with E-state index >= 15 is 0 Å². The van der Waals surface area contributed by atoms with Crippen LogP contribution >= 0.6 is 0 Å². The first-order valence-corrected chi connectivity index (χ1v) is 11.9. The smallest absolute Gasteiger partial charge is 0.336 e. The van der Waals surface area contributed by atoms with Gasteiger partial charge in [0.2, 0.25) is 0 Å². The molecule has 11 nitrogen and oxygen atoms in total. The van der Waals surface area contributed by atoms with Crippen LogP contribution in [0.1, 0.15) is 36.9 Å². The highest BCUT2D eigenvalue weighted by molar-refractivity contribution is 5.88. The molecule has 0 amide bonds. The van der Waals surface area contributed by atoms with Gasteiger partial charge in [0.15, 0.2) is 5.60 Å². The van der Waals surface area contributed by atoms with Gasteiger partial charge in [0.1, 0.15) is 11.4 Å². The second kappa shape index (κ2) is 11.7. The van der Waals surface area contributed by atoms with E-state index in [2.05, 4.69) is 22.0 Å². The van der Waals surface area contributed by atoms with E-state index in [0.717, 1.165) is 43.9 Å². The summed E-state index contributed by atoms with van der Waals surface area (Å²) in [5.74, 6) is -3.27. The summed E-state index contributed by atoms with van der Waals surface area (Å²) >= 11 is 0. The van der Waals surface area contributed by atoms with Crippen LogP contribution in [0.15, 0.2) is 48.7 Å². The monoisotopic (exact) mass is 516 g/mol. The van der Waals surface area contributed by atoms with Crippen LogP contribution in [-0.2, 0) is 26.5 Å². The van der Waals surface area contributed by atoms with E-state index in [4.69, 9.17) is 25.2 Å². The Hall–Kier alpha value is -3.54. The van der Waals surface area contributed by atoms with Crippen molar-refractivity contribution in [3.8, 4) is 5.75 Å². The first-order chi connectivity index (χ1) is 17.5. The summed E-state index contributed by atoms with van der Waals surface area (Å²) in [5, 5.41) is 45.1. The summed E-state index contributed by atoms with van der Waals surface area (Å²) in [7, 11) is 1.72. The van der Waals surface area contributed by atoms with E-state index in [0.29, 0.717) is 5.92 Å². The van der Waals surface area contributed by atoms with Crippen molar-refractivity contribution in [1.29, 1.82) is 0 Å². The molecule has 0 spiro atoms. The van der Waals surface area contributed by atoms with Gasteiger partial charge in [0, 0.05) is 37.3 Å². The standard InChI is InChI=1S/C20H24N2O2.C6H8O7/c1-24-18-7-3-2-6-16(18)13-22-12-15-9-10-20(23,17(15)14-22)19-8-4-5-11-21-19;7-3(8)1-6(13,5(11)12)2-4(9)10/h2-8,11,15,17,23H,9-10,12-14H2,1H3;13H,1-2H2,(H,7,8)(H,9,10)(H,11,12)/t15-,17+,20-;/m0./s1. The lowest BCUT2D eigenvalue weighted by Gasteiger charge is -2.29. The molecule has 1 saturated carbocycles. The molecule has 1 aliphatic carbocycles. The van der Waals surface area contributed by atoms with Crippen LogP contribution in [-0.4, -0.2) is 79.1 Å². The Morgan fingerprint density at radius 3 is 2.27 bits per heavy atom.